The molecule has 49 heavy (non-hydrogen) atoms. The first-order chi connectivity index (χ1) is 24.1. The zero-order valence-corrected chi connectivity index (χ0v) is 27.1. The van der Waals surface area contributed by atoms with Crippen LogP contribution in [0, 0.1) is 28.6 Å². The zero-order chi connectivity index (χ0) is 33.5. The zero-order valence-electron chi connectivity index (χ0n) is 27.1. The van der Waals surface area contributed by atoms with Gasteiger partial charge in [0.25, 0.3) is 0 Å². The molecule has 7 aromatic rings. The lowest BCUT2D eigenvalue weighted by Gasteiger charge is -2.24. The molecule has 5 aromatic carbocycles. The number of hydrogen-bond acceptors (Lipinski definition) is 2. The van der Waals surface area contributed by atoms with Gasteiger partial charge in [0.1, 0.15) is 0 Å². The van der Waals surface area contributed by atoms with Gasteiger partial charge in [-0.05, 0) is 60.0 Å². The summed E-state index contributed by atoms with van der Waals surface area (Å²) in [4.78, 5) is 0. The van der Waals surface area contributed by atoms with E-state index in [0.717, 1.165) is 66.5 Å². The highest BCUT2D eigenvalue weighted by atomic mass is 15.0. The van der Waals surface area contributed by atoms with Gasteiger partial charge >= 0.3 is 0 Å². The summed E-state index contributed by atoms with van der Waals surface area (Å²) in [6.07, 6.45) is 8.67. The first-order valence-corrected chi connectivity index (χ1v) is 16.5. The van der Waals surface area contributed by atoms with E-state index in [1.165, 1.54) is 10.8 Å². The third-order valence-corrected chi connectivity index (χ3v) is 9.68. The van der Waals surface area contributed by atoms with Crippen LogP contribution in [0.5, 0.6) is 0 Å². The van der Waals surface area contributed by atoms with Crippen LogP contribution in [-0.4, -0.2) is 9.13 Å². The van der Waals surface area contributed by atoms with Crippen LogP contribution in [0.4, 0.5) is 0 Å². The molecule has 0 N–H and O–H groups in total. The fourth-order valence-corrected chi connectivity index (χ4v) is 7.35. The third kappa shape index (κ3) is 4.91. The van der Waals surface area contributed by atoms with Crippen LogP contribution in [0.3, 0.4) is 0 Å². The van der Waals surface area contributed by atoms with E-state index in [0.29, 0.717) is 12.0 Å². The second kappa shape index (κ2) is 12.2. The number of hydrogen-bond donors (Lipinski definition) is 0. The summed E-state index contributed by atoms with van der Waals surface area (Å²) in [5.74, 6) is -0.509. The van der Waals surface area contributed by atoms with Gasteiger partial charge in [0, 0.05) is 50.5 Å². The molecule has 232 valence electrons. The number of rotatable bonds is 6. The molecular weight excluding hydrogens is 597 g/mol. The third-order valence-electron chi connectivity index (χ3n) is 9.68. The molecule has 0 fully saturated rings. The average Bonchev–Trinajstić information content (AvgIpc) is 3.68. The molecule has 2 heterocycles. The molecule has 1 aliphatic rings. The van der Waals surface area contributed by atoms with Crippen LogP contribution in [0.1, 0.15) is 24.5 Å². The maximum absolute atomic E-state index is 10.1. The molecular formula is C45H32N4. The molecule has 1 aliphatic carbocycles. The van der Waals surface area contributed by atoms with Crippen molar-refractivity contribution in [3.63, 3.8) is 0 Å². The second-order valence-corrected chi connectivity index (χ2v) is 12.3. The van der Waals surface area contributed by atoms with Crippen molar-refractivity contribution in [1.29, 1.82) is 10.5 Å². The van der Waals surface area contributed by atoms with E-state index in [1.807, 2.05) is 13.0 Å². The van der Waals surface area contributed by atoms with Crippen molar-refractivity contribution >= 4 is 66.2 Å². The summed E-state index contributed by atoms with van der Waals surface area (Å²) in [6, 6.07) is 46.9. The summed E-state index contributed by atoms with van der Waals surface area (Å²) < 4.78 is 4.50. The van der Waals surface area contributed by atoms with Gasteiger partial charge in [0.05, 0.1) is 40.1 Å². The van der Waals surface area contributed by atoms with Gasteiger partial charge in [-0.15, -0.1) is 0 Å². The second-order valence-electron chi connectivity index (χ2n) is 12.3. The monoisotopic (exact) mass is 628 g/mol. The Morgan fingerprint density at radius 3 is 1.71 bits per heavy atom. The Bertz CT molecular complexity index is 2570. The lowest BCUT2D eigenvalue weighted by molar-refractivity contribution is 0.795. The summed E-state index contributed by atoms with van der Waals surface area (Å²) in [6.45, 7) is 6.51. The molecule has 8 rings (SSSR count). The van der Waals surface area contributed by atoms with Gasteiger partial charge in [0.15, 0.2) is 0 Å². The van der Waals surface area contributed by atoms with Crippen LogP contribution < -0.4 is 0 Å². The van der Waals surface area contributed by atoms with Gasteiger partial charge in [0.2, 0.25) is 0 Å². The predicted octanol–water partition coefficient (Wildman–Crippen LogP) is 11.4. The number of allylic oxidation sites excluding steroid dienone is 9. The molecule has 0 bridgehead atoms. The Hall–Kier alpha value is -6.62. The highest BCUT2D eigenvalue weighted by Crippen LogP contribution is 2.42. The molecule has 2 aromatic heterocycles. The number of fused-ring (bicyclic) bond motifs is 6. The standard InChI is InChI=1S/C45H32N4/c1-3-31(21-20-30(2)48-41-16-8-4-12-36(41)37-13-5-9-17-42(37)48)32-22-24-33(25-23-32)40-26-34(28-46)35(29-47)27-45(40)49-43-18-10-6-14-38(43)39-15-7-11-19-44(39)49/h3-26,35H,2,27H2,1H3/b21-20-,31-3+. The van der Waals surface area contributed by atoms with Crippen molar-refractivity contribution in [3.8, 4) is 12.1 Å². The molecule has 4 nitrogen and oxygen atoms in total. The summed E-state index contributed by atoms with van der Waals surface area (Å²) >= 11 is 0. The largest absolute Gasteiger partial charge is 0.312 e. The minimum absolute atomic E-state index is 0.448. The van der Waals surface area contributed by atoms with E-state index >= 15 is 0 Å². The smallest absolute Gasteiger partial charge is 0.0961 e. The van der Waals surface area contributed by atoms with Gasteiger partial charge in [-0.3, -0.25) is 0 Å². The number of nitrogens with zero attached hydrogens (tertiary/aromatic N) is 4. The number of benzene rings is 5. The Morgan fingerprint density at radius 1 is 0.694 bits per heavy atom. The van der Waals surface area contributed by atoms with Crippen molar-refractivity contribution in [3.05, 3.63) is 169 Å². The minimum atomic E-state index is -0.509. The van der Waals surface area contributed by atoms with E-state index in [-0.39, 0.29) is 0 Å². The van der Waals surface area contributed by atoms with Crippen molar-refractivity contribution in [2.45, 2.75) is 13.3 Å². The molecule has 0 saturated heterocycles. The molecule has 4 heteroatoms. The van der Waals surface area contributed by atoms with Gasteiger partial charge in [-0.25, -0.2) is 0 Å². The van der Waals surface area contributed by atoms with E-state index in [2.05, 4.69) is 167 Å². The first-order valence-electron chi connectivity index (χ1n) is 16.5. The Morgan fingerprint density at radius 2 is 1.20 bits per heavy atom. The van der Waals surface area contributed by atoms with Crippen LogP contribution in [0.25, 0.3) is 66.2 Å². The lowest BCUT2D eigenvalue weighted by atomic mass is 9.84. The Labute approximate surface area is 285 Å². The van der Waals surface area contributed by atoms with Gasteiger partial charge < -0.3 is 9.13 Å². The van der Waals surface area contributed by atoms with E-state index in [9.17, 15) is 10.5 Å². The number of nitriles is 2. The fraction of sp³-hybridized carbons (Fsp3) is 0.0667. The minimum Gasteiger partial charge on any atom is -0.312 e. The van der Waals surface area contributed by atoms with Crippen LogP contribution in [0.2, 0.25) is 0 Å². The maximum atomic E-state index is 10.1. The van der Waals surface area contributed by atoms with E-state index < -0.39 is 5.92 Å². The molecule has 0 aliphatic heterocycles. The van der Waals surface area contributed by atoms with Crippen LogP contribution >= 0.6 is 0 Å². The van der Waals surface area contributed by atoms with Crippen molar-refractivity contribution in [2.24, 2.45) is 5.92 Å². The van der Waals surface area contributed by atoms with Crippen molar-refractivity contribution in [1.82, 2.24) is 9.13 Å². The van der Waals surface area contributed by atoms with Crippen LogP contribution in [-0.2, 0) is 0 Å². The topological polar surface area (TPSA) is 57.4 Å². The van der Waals surface area contributed by atoms with Crippen molar-refractivity contribution < 1.29 is 0 Å². The molecule has 1 atom stereocenters. The SMILES string of the molecule is C=C(/C=C\C(=C/C)c1ccc(C2=C(n3c4ccccc4c4ccccc43)CC(C#N)C(C#N)=C2)cc1)n1c2ccccc2c2ccccc21. The summed E-state index contributed by atoms with van der Waals surface area (Å²) in [5, 5.41) is 24.9. The number of para-hydroxylation sites is 4. The Kier molecular flexibility index (Phi) is 7.41. The quantitative estimate of drug-likeness (QED) is 0.172. The van der Waals surface area contributed by atoms with Gasteiger partial charge in [-0.2, -0.15) is 10.5 Å². The molecule has 0 radical (unpaired) electrons. The normalized spacial score (nSPS) is 15.3. The van der Waals surface area contributed by atoms with Crippen molar-refractivity contribution in [2.75, 3.05) is 0 Å². The highest BCUT2D eigenvalue weighted by molar-refractivity contribution is 6.12. The lowest BCUT2D eigenvalue weighted by Crippen LogP contribution is -2.12. The van der Waals surface area contributed by atoms with E-state index in [4.69, 9.17) is 0 Å². The highest BCUT2D eigenvalue weighted by Gasteiger charge is 2.27. The molecule has 1 unspecified atom stereocenters. The van der Waals surface area contributed by atoms with E-state index in [1.54, 1.807) is 0 Å². The predicted molar refractivity (Wildman–Crippen MR) is 204 cm³/mol. The average molecular weight is 629 g/mol. The fourth-order valence-electron chi connectivity index (χ4n) is 7.35. The summed E-state index contributed by atoms with van der Waals surface area (Å²) in [7, 11) is 0. The number of aromatic nitrogens is 2. The Balaban J connectivity index is 1.19. The first kappa shape index (κ1) is 29.8. The molecule has 0 amide bonds. The summed E-state index contributed by atoms with van der Waals surface area (Å²) in [5.41, 5.74) is 10.9. The van der Waals surface area contributed by atoms with Gasteiger partial charge in [-0.1, -0.05) is 116 Å². The molecule has 0 spiro atoms. The molecule has 0 saturated carbocycles. The maximum Gasteiger partial charge on any atom is 0.0961 e. The van der Waals surface area contributed by atoms with Crippen LogP contribution in [0.15, 0.2) is 158 Å².